The number of nitrogens with one attached hydrogen (secondary N) is 1. The normalized spacial score (nSPS) is 32.9. The summed E-state index contributed by atoms with van der Waals surface area (Å²) >= 11 is 0. The molecular weight excluding hydrogens is 232 g/mol. The van der Waals surface area contributed by atoms with Crippen LogP contribution in [0.5, 0.6) is 0 Å². The SMILES string of the molecule is O=c1ccn([C@@H]2O[C@@H](CO)[C@H](O)[C@@H]2O)c(=O)[nH]1. The number of aliphatic hydroxyl groups is 3. The highest BCUT2D eigenvalue weighted by molar-refractivity contribution is 4.92. The Labute approximate surface area is 94.7 Å². The second-order valence-electron chi connectivity index (χ2n) is 3.75. The Bertz CT molecular complexity index is 509. The Morgan fingerprint density at radius 3 is 2.59 bits per heavy atom. The minimum atomic E-state index is -1.35. The fraction of sp³-hybridized carbons (Fsp3) is 0.556. The number of rotatable bonds is 2. The molecule has 17 heavy (non-hydrogen) atoms. The number of nitrogens with zero attached hydrogens (tertiary/aromatic N) is 1. The molecule has 8 heteroatoms. The predicted octanol–water partition coefficient (Wildman–Crippen LogP) is -2.85. The van der Waals surface area contributed by atoms with Crippen LogP contribution in [0, 0.1) is 0 Å². The molecule has 8 nitrogen and oxygen atoms in total. The van der Waals surface area contributed by atoms with Crippen molar-refractivity contribution in [3.63, 3.8) is 0 Å². The average Bonchev–Trinajstić information content (AvgIpc) is 2.57. The van der Waals surface area contributed by atoms with Gasteiger partial charge in [-0.2, -0.15) is 0 Å². The Kier molecular flexibility index (Phi) is 3.11. The second-order valence-corrected chi connectivity index (χ2v) is 3.75. The molecule has 1 aromatic rings. The third-order valence-electron chi connectivity index (χ3n) is 2.64. The van der Waals surface area contributed by atoms with E-state index in [1.54, 1.807) is 0 Å². The molecule has 0 saturated carbocycles. The summed E-state index contributed by atoms with van der Waals surface area (Å²) in [5, 5.41) is 28.1. The molecule has 0 radical (unpaired) electrons. The van der Waals surface area contributed by atoms with Crippen molar-refractivity contribution in [1.29, 1.82) is 0 Å². The summed E-state index contributed by atoms with van der Waals surface area (Å²) in [7, 11) is 0. The lowest BCUT2D eigenvalue weighted by atomic mass is 10.1. The van der Waals surface area contributed by atoms with E-state index in [9.17, 15) is 19.8 Å². The van der Waals surface area contributed by atoms with Gasteiger partial charge in [0, 0.05) is 12.3 Å². The summed E-state index contributed by atoms with van der Waals surface area (Å²) in [5.74, 6) is 0. The number of H-pyrrole nitrogens is 1. The van der Waals surface area contributed by atoms with Gasteiger partial charge < -0.3 is 20.1 Å². The van der Waals surface area contributed by atoms with Crippen molar-refractivity contribution in [2.45, 2.75) is 24.5 Å². The van der Waals surface area contributed by atoms with Gasteiger partial charge in [-0.1, -0.05) is 0 Å². The van der Waals surface area contributed by atoms with Crippen molar-refractivity contribution in [3.8, 4) is 0 Å². The third-order valence-corrected chi connectivity index (χ3v) is 2.64. The van der Waals surface area contributed by atoms with E-state index in [-0.39, 0.29) is 0 Å². The zero-order valence-corrected chi connectivity index (χ0v) is 8.68. The van der Waals surface area contributed by atoms with Gasteiger partial charge in [-0.25, -0.2) is 4.79 Å². The second kappa shape index (κ2) is 4.41. The van der Waals surface area contributed by atoms with Gasteiger partial charge in [-0.05, 0) is 0 Å². The van der Waals surface area contributed by atoms with E-state index in [1.165, 1.54) is 0 Å². The standard InChI is InChI=1S/C9H12N2O6/c12-3-4-6(14)7(15)8(17-4)11-2-1-5(13)10-9(11)16/h1-2,4,6-8,12,14-15H,3H2,(H,10,13,16)/t4-,6-,7-,8+/m0/s1. The molecule has 2 rings (SSSR count). The maximum Gasteiger partial charge on any atom is 0.330 e. The fourth-order valence-corrected chi connectivity index (χ4v) is 1.74. The fourth-order valence-electron chi connectivity index (χ4n) is 1.74. The molecule has 0 aromatic carbocycles. The van der Waals surface area contributed by atoms with Crippen LogP contribution in [0.15, 0.2) is 21.9 Å². The maximum absolute atomic E-state index is 11.4. The van der Waals surface area contributed by atoms with Gasteiger partial charge in [0.25, 0.3) is 5.56 Å². The monoisotopic (exact) mass is 244 g/mol. The largest absolute Gasteiger partial charge is 0.394 e. The van der Waals surface area contributed by atoms with Crippen LogP contribution >= 0.6 is 0 Å². The summed E-state index contributed by atoms with van der Waals surface area (Å²) in [6, 6.07) is 1.09. The minimum absolute atomic E-state index is 0.479. The number of hydrogen-bond acceptors (Lipinski definition) is 6. The summed E-state index contributed by atoms with van der Waals surface area (Å²) in [4.78, 5) is 24.3. The minimum Gasteiger partial charge on any atom is -0.394 e. The highest BCUT2D eigenvalue weighted by Crippen LogP contribution is 2.27. The van der Waals surface area contributed by atoms with Gasteiger partial charge in [-0.3, -0.25) is 14.3 Å². The summed E-state index contributed by atoms with van der Waals surface area (Å²) in [5.41, 5.74) is -1.33. The van der Waals surface area contributed by atoms with E-state index >= 15 is 0 Å². The van der Waals surface area contributed by atoms with Gasteiger partial charge in [0.2, 0.25) is 0 Å². The molecule has 1 saturated heterocycles. The first-order chi connectivity index (χ1) is 8.04. The molecule has 1 fully saturated rings. The van der Waals surface area contributed by atoms with Crippen LogP contribution in [0.4, 0.5) is 0 Å². The number of aromatic amines is 1. The van der Waals surface area contributed by atoms with Gasteiger partial charge in [-0.15, -0.1) is 0 Å². The van der Waals surface area contributed by atoms with Crippen LogP contribution in [-0.4, -0.2) is 49.8 Å². The molecule has 1 aliphatic heterocycles. The molecule has 4 atom stereocenters. The van der Waals surface area contributed by atoms with E-state index in [2.05, 4.69) is 0 Å². The van der Waals surface area contributed by atoms with Crippen LogP contribution in [0.3, 0.4) is 0 Å². The number of aliphatic hydroxyl groups excluding tert-OH is 3. The van der Waals surface area contributed by atoms with Gasteiger partial charge in [0.1, 0.15) is 18.3 Å². The average molecular weight is 244 g/mol. The topological polar surface area (TPSA) is 125 Å². The highest BCUT2D eigenvalue weighted by Gasteiger charge is 2.43. The molecule has 0 spiro atoms. The van der Waals surface area contributed by atoms with Crippen molar-refractivity contribution in [2.24, 2.45) is 0 Å². The van der Waals surface area contributed by atoms with Gasteiger partial charge in [0.15, 0.2) is 6.23 Å². The van der Waals surface area contributed by atoms with Crippen molar-refractivity contribution < 1.29 is 20.1 Å². The highest BCUT2D eigenvalue weighted by atomic mass is 16.6. The van der Waals surface area contributed by atoms with Gasteiger partial charge >= 0.3 is 5.69 Å². The quantitative estimate of drug-likeness (QED) is 0.444. The van der Waals surface area contributed by atoms with E-state index in [1.807, 2.05) is 4.98 Å². The van der Waals surface area contributed by atoms with Crippen LogP contribution in [0.2, 0.25) is 0 Å². The molecule has 1 aliphatic rings. The lowest BCUT2D eigenvalue weighted by molar-refractivity contribution is -0.0550. The lowest BCUT2D eigenvalue weighted by Crippen LogP contribution is -2.37. The maximum atomic E-state index is 11.4. The predicted molar refractivity (Wildman–Crippen MR) is 54.3 cm³/mol. The van der Waals surface area contributed by atoms with E-state index in [0.717, 1.165) is 16.8 Å². The van der Waals surface area contributed by atoms with Crippen LogP contribution in [0.25, 0.3) is 0 Å². The summed E-state index contributed by atoms with van der Waals surface area (Å²) in [6.45, 7) is -0.479. The molecule has 0 aliphatic carbocycles. The molecule has 4 N–H and O–H groups in total. The Morgan fingerprint density at radius 1 is 1.35 bits per heavy atom. The smallest absolute Gasteiger partial charge is 0.330 e. The van der Waals surface area contributed by atoms with Crippen molar-refractivity contribution in [1.82, 2.24) is 9.55 Å². The van der Waals surface area contributed by atoms with Crippen LogP contribution < -0.4 is 11.2 Å². The zero-order chi connectivity index (χ0) is 12.6. The van der Waals surface area contributed by atoms with Crippen molar-refractivity contribution in [2.75, 3.05) is 6.61 Å². The molecule has 0 amide bonds. The van der Waals surface area contributed by atoms with Crippen molar-refractivity contribution >= 4 is 0 Å². The number of hydrogen-bond donors (Lipinski definition) is 4. The van der Waals surface area contributed by atoms with Gasteiger partial charge in [0.05, 0.1) is 6.61 Å². The van der Waals surface area contributed by atoms with Crippen LogP contribution in [0.1, 0.15) is 6.23 Å². The number of ether oxygens (including phenoxy) is 1. The third kappa shape index (κ3) is 2.03. The lowest BCUT2D eigenvalue weighted by Gasteiger charge is -2.16. The first kappa shape index (κ1) is 12.0. The molecule has 1 aromatic heterocycles. The molecular formula is C9H12N2O6. The summed E-state index contributed by atoms with van der Waals surface area (Å²) in [6.07, 6.45) is -3.58. The molecule has 94 valence electrons. The van der Waals surface area contributed by atoms with E-state index in [0.29, 0.717) is 0 Å². The Morgan fingerprint density at radius 2 is 2.06 bits per heavy atom. The molecule has 0 bridgehead atoms. The first-order valence-corrected chi connectivity index (χ1v) is 4.98. The Hall–Kier alpha value is -1.48. The molecule has 0 unspecified atom stereocenters. The van der Waals surface area contributed by atoms with Crippen molar-refractivity contribution in [3.05, 3.63) is 33.1 Å². The molecule has 2 heterocycles. The van der Waals surface area contributed by atoms with E-state index < -0.39 is 42.4 Å². The first-order valence-electron chi connectivity index (χ1n) is 4.98. The zero-order valence-electron chi connectivity index (χ0n) is 8.68. The van der Waals surface area contributed by atoms with E-state index in [4.69, 9.17) is 9.84 Å². The van der Waals surface area contributed by atoms with Crippen LogP contribution in [-0.2, 0) is 4.74 Å². The summed E-state index contributed by atoms with van der Waals surface area (Å²) < 4.78 is 6.08. The Balaban J connectivity index is 2.35. The number of aromatic nitrogens is 2.